The van der Waals surface area contributed by atoms with Crippen LogP contribution in [0.15, 0.2) is 18.2 Å². The second-order valence-corrected chi connectivity index (χ2v) is 4.03. The van der Waals surface area contributed by atoms with E-state index in [2.05, 4.69) is 0 Å². The first-order chi connectivity index (χ1) is 7.16. The monoisotopic (exact) mass is 208 g/mol. The van der Waals surface area contributed by atoms with Gasteiger partial charge in [0.25, 0.3) is 0 Å². The number of carbonyl (C=O) groups excluding carboxylic acids is 1. The topological polar surface area (TPSA) is 26.3 Å². The molecule has 1 aliphatic carbocycles. The van der Waals surface area contributed by atoms with Crippen molar-refractivity contribution in [3.05, 3.63) is 35.1 Å². The van der Waals surface area contributed by atoms with E-state index >= 15 is 0 Å². The van der Waals surface area contributed by atoms with Crippen molar-refractivity contribution in [1.29, 1.82) is 0 Å². The molecule has 0 spiro atoms. The molecule has 0 bridgehead atoms. The Hall–Kier alpha value is -1.38. The predicted octanol–water partition coefficient (Wildman–Crippen LogP) is 2.70. The summed E-state index contributed by atoms with van der Waals surface area (Å²) in [4.78, 5) is 11.4. The number of carbonyl (C=O) groups is 1. The molecule has 0 aromatic heterocycles. The fourth-order valence-electron chi connectivity index (χ4n) is 1.34. The standard InChI is InChI=1S/C12H13FO2/c1-8-2-5-10(11(13)6-8)12(14)15-7-9-3-4-9/h2,5-6,9H,3-4,7H2,1H3. The van der Waals surface area contributed by atoms with Crippen LogP contribution >= 0.6 is 0 Å². The number of aryl methyl sites for hydroxylation is 1. The number of benzene rings is 1. The molecule has 0 unspecified atom stereocenters. The molecule has 1 fully saturated rings. The molecular formula is C12H13FO2. The number of rotatable bonds is 3. The van der Waals surface area contributed by atoms with Crippen molar-refractivity contribution in [3.8, 4) is 0 Å². The first-order valence-electron chi connectivity index (χ1n) is 5.10. The van der Waals surface area contributed by atoms with Crippen molar-refractivity contribution < 1.29 is 13.9 Å². The van der Waals surface area contributed by atoms with Crippen molar-refractivity contribution in [2.24, 2.45) is 5.92 Å². The highest BCUT2D eigenvalue weighted by molar-refractivity contribution is 5.89. The lowest BCUT2D eigenvalue weighted by Gasteiger charge is -2.04. The molecule has 2 nitrogen and oxygen atoms in total. The smallest absolute Gasteiger partial charge is 0.341 e. The molecule has 0 N–H and O–H groups in total. The molecule has 0 atom stereocenters. The molecule has 0 aliphatic heterocycles. The second kappa shape index (κ2) is 4.01. The van der Waals surface area contributed by atoms with Crippen molar-refractivity contribution >= 4 is 5.97 Å². The van der Waals surface area contributed by atoms with Gasteiger partial charge in [0.15, 0.2) is 0 Å². The molecule has 3 heteroatoms. The summed E-state index contributed by atoms with van der Waals surface area (Å²) in [7, 11) is 0. The van der Waals surface area contributed by atoms with Crippen LogP contribution in [-0.4, -0.2) is 12.6 Å². The Labute approximate surface area is 88.1 Å². The highest BCUT2D eigenvalue weighted by Gasteiger charge is 2.24. The van der Waals surface area contributed by atoms with Gasteiger partial charge in [0.1, 0.15) is 5.82 Å². The summed E-state index contributed by atoms with van der Waals surface area (Å²) in [6, 6.07) is 4.52. The summed E-state index contributed by atoms with van der Waals surface area (Å²) in [6.07, 6.45) is 2.23. The minimum atomic E-state index is -0.556. The maximum Gasteiger partial charge on any atom is 0.341 e. The highest BCUT2D eigenvalue weighted by atomic mass is 19.1. The third-order valence-electron chi connectivity index (χ3n) is 2.49. The van der Waals surface area contributed by atoms with E-state index in [1.807, 2.05) is 0 Å². The lowest BCUT2D eigenvalue weighted by atomic mass is 10.1. The van der Waals surface area contributed by atoms with E-state index in [1.165, 1.54) is 12.1 Å². The highest BCUT2D eigenvalue weighted by Crippen LogP contribution is 2.29. The van der Waals surface area contributed by atoms with E-state index in [1.54, 1.807) is 13.0 Å². The fourth-order valence-corrected chi connectivity index (χ4v) is 1.34. The maximum atomic E-state index is 13.3. The van der Waals surface area contributed by atoms with Gasteiger partial charge >= 0.3 is 5.97 Å². The fraction of sp³-hybridized carbons (Fsp3) is 0.417. The number of hydrogen-bond donors (Lipinski definition) is 0. The summed E-state index contributed by atoms with van der Waals surface area (Å²) in [5, 5.41) is 0. The van der Waals surface area contributed by atoms with Crippen LogP contribution in [0.5, 0.6) is 0 Å². The van der Waals surface area contributed by atoms with Gasteiger partial charge in [-0.2, -0.15) is 0 Å². The van der Waals surface area contributed by atoms with Crippen LogP contribution in [0.1, 0.15) is 28.8 Å². The van der Waals surface area contributed by atoms with Gasteiger partial charge in [0.2, 0.25) is 0 Å². The van der Waals surface area contributed by atoms with Gasteiger partial charge in [-0.25, -0.2) is 9.18 Å². The molecule has 15 heavy (non-hydrogen) atoms. The minimum Gasteiger partial charge on any atom is -0.462 e. The van der Waals surface area contributed by atoms with E-state index < -0.39 is 11.8 Å². The third-order valence-corrected chi connectivity index (χ3v) is 2.49. The summed E-state index contributed by atoms with van der Waals surface area (Å²) in [6.45, 7) is 2.20. The summed E-state index contributed by atoms with van der Waals surface area (Å²) < 4.78 is 18.3. The summed E-state index contributed by atoms with van der Waals surface area (Å²) in [5.74, 6) is -0.558. The summed E-state index contributed by atoms with van der Waals surface area (Å²) in [5.41, 5.74) is 0.826. The van der Waals surface area contributed by atoms with Gasteiger partial charge < -0.3 is 4.74 Å². The molecule has 0 saturated heterocycles. The molecule has 80 valence electrons. The van der Waals surface area contributed by atoms with Crippen LogP contribution in [0.4, 0.5) is 4.39 Å². The van der Waals surface area contributed by atoms with Crippen molar-refractivity contribution in [2.75, 3.05) is 6.61 Å². The predicted molar refractivity (Wildman–Crippen MR) is 54.1 cm³/mol. The molecular weight excluding hydrogens is 195 g/mol. The van der Waals surface area contributed by atoms with Gasteiger partial charge in [-0.3, -0.25) is 0 Å². The molecule has 0 heterocycles. The summed E-state index contributed by atoms with van der Waals surface area (Å²) >= 11 is 0. The van der Waals surface area contributed by atoms with Gasteiger partial charge in [-0.1, -0.05) is 6.07 Å². The molecule has 1 aliphatic rings. The van der Waals surface area contributed by atoms with Crippen molar-refractivity contribution in [3.63, 3.8) is 0 Å². The molecule has 0 amide bonds. The Morgan fingerprint density at radius 3 is 2.87 bits per heavy atom. The zero-order chi connectivity index (χ0) is 10.8. The lowest BCUT2D eigenvalue weighted by Crippen LogP contribution is -2.09. The van der Waals surface area contributed by atoms with E-state index in [0.29, 0.717) is 12.5 Å². The van der Waals surface area contributed by atoms with E-state index in [4.69, 9.17) is 4.74 Å². The minimum absolute atomic E-state index is 0.0289. The third kappa shape index (κ3) is 2.55. The first-order valence-corrected chi connectivity index (χ1v) is 5.10. The normalized spacial score (nSPS) is 15.1. The van der Waals surface area contributed by atoms with Crippen LogP contribution < -0.4 is 0 Å². The quantitative estimate of drug-likeness (QED) is 0.714. The van der Waals surface area contributed by atoms with Crippen LogP contribution in [-0.2, 0) is 4.74 Å². The number of hydrogen-bond acceptors (Lipinski definition) is 2. The van der Waals surface area contributed by atoms with Crippen LogP contribution in [0.25, 0.3) is 0 Å². The van der Waals surface area contributed by atoms with Gasteiger partial charge in [-0.05, 0) is 43.4 Å². The Bertz CT molecular complexity index is 383. The van der Waals surface area contributed by atoms with Gasteiger partial charge in [0, 0.05) is 0 Å². The maximum absolute atomic E-state index is 13.3. The number of esters is 1. The van der Waals surface area contributed by atoms with E-state index in [9.17, 15) is 9.18 Å². The molecule has 2 rings (SSSR count). The Balaban J connectivity index is 2.03. The average molecular weight is 208 g/mol. The van der Waals surface area contributed by atoms with Crippen LogP contribution in [0.2, 0.25) is 0 Å². The number of halogens is 1. The zero-order valence-corrected chi connectivity index (χ0v) is 8.63. The molecule has 0 radical (unpaired) electrons. The van der Waals surface area contributed by atoms with E-state index in [0.717, 1.165) is 18.4 Å². The van der Waals surface area contributed by atoms with Crippen molar-refractivity contribution in [2.45, 2.75) is 19.8 Å². The molecule has 1 aromatic rings. The lowest BCUT2D eigenvalue weighted by molar-refractivity contribution is 0.0481. The second-order valence-electron chi connectivity index (χ2n) is 4.03. The van der Waals surface area contributed by atoms with Crippen molar-refractivity contribution in [1.82, 2.24) is 0 Å². The Morgan fingerprint density at radius 1 is 1.53 bits per heavy atom. The number of ether oxygens (including phenoxy) is 1. The van der Waals surface area contributed by atoms with Crippen LogP contribution in [0, 0.1) is 18.7 Å². The zero-order valence-electron chi connectivity index (χ0n) is 8.63. The Morgan fingerprint density at radius 2 is 2.27 bits per heavy atom. The average Bonchev–Trinajstić information content (AvgIpc) is 2.97. The SMILES string of the molecule is Cc1ccc(C(=O)OCC2CC2)c(F)c1. The van der Waals surface area contributed by atoms with Gasteiger partial charge in [0.05, 0.1) is 12.2 Å². The Kier molecular flexibility index (Phi) is 2.71. The van der Waals surface area contributed by atoms with Gasteiger partial charge in [-0.15, -0.1) is 0 Å². The van der Waals surface area contributed by atoms with E-state index in [-0.39, 0.29) is 5.56 Å². The first kappa shape index (κ1) is 10.1. The molecule has 1 aromatic carbocycles. The van der Waals surface area contributed by atoms with Crippen LogP contribution in [0.3, 0.4) is 0 Å². The molecule has 1 saturated carbocycles. The largest absolute Gasteiger partial charge is 0.462 e.